The maximum Gasteiger partial charge on any atom is 0.410 e. The number of nitrogens with zero attached hydrogens (tertiary/aromatic N) is 1. The fourth-order valence-corrected chi connectivity index (χ4v) is 2.00. The summed E-state index contributed by atoms with van der Waals surface area (Å²) >= 11 is 0. The molecule has 1 heterocycles. The first-order valence-electron chi connectivity index (χ1n) is 7.15. The molecule has 1 amide bonds. The van der Waals surface area contributed by atoms with Crippen LogP contribution < -0.4 is 5.73 Å². The molecule has 21 heavy (non-hydrogen) atoms. The normalized spacial score (nSPS) is 20.8. The molecule has 1 rings (SSSR count). The topological polar surface area (TPSA) is 91.1 Å². The fourth-order valence-electron chi connectivity index (χ4n) is 2.00. The van der Waals surface area contributed by atoms with E-state index in [9.17, 15) is 9.59 Å². The van der Waals surface area contributed by atoms with E-state index in [1.165, 1.54) is 7.11 Å². The minimum absolute atomic E-state index is 0.240. The van der Waals surface area contributed by atoms with Crippen molar-refractivity contribution in [1.29, 1.82) is 0 Å². The number of esters is 1. The van der Waals surface area contributed by atoms with E-state index in [0.29, 0.717) is 26.1 Å². The van der Waals surface area contributed by atoms with E-state index < -0.39 is 5.60 Å². The summed E-state index contributed by atoms with van der Waals surface area (Å²) in [5.74, 6) is -0.301. The van der Waals surface area contributed by atoms with E-state index in [-0.39, 0.29) is 30.6 Å². The van der Waals surface area contributed by atoms with Crippen molar-refractivity contribution in [3.8, 4) is 0 Å². The highest BCUT2D eigenvalue weighted by molar-refractivity contribution is 5.69. The van der Waals surface area contributed by atoms with Crippen molar-refractivity contribution in [3.05, 3.63) is 0 Å². The predicted molar refractivity (Wildman–Crippen MR) is 76.8 cm³/mol. The summed E-state index contributed by atoms with van der Waals surface area (Å²) in [6, 6.07) is -0.325. The van der Waals surface area contributed by atoms with Gasteiger partial charge in [-0.1, -0.05) is 0 Å². The second kappa shape index (κ2) is 7.61. The van der Waals surface area contributed by atoms with Gasteiger partial charge in [0.1, 0.15) is 5.60 Å². The van der Waals surface area contributed by atoms with Crippen LogP contribution in [-0.4, -0.2) is 61.5 Å². The maximum absolute atomic E-state index is 12.0. The van der Waals surface area contributed by atoms with Crippen molar-refractivity contribution < 1.29 is 23.8 Å². The highest BCUT2D eigenvalue weighted by atomic mass is 16.6. The summed E-state index contributed by atoms with van der Waals surface area (Å²) < 4.78 is 15.5. The highest BCUT2D eigenvalue weighted by Crippen LogP contribution is 2.15. The SMILES string of the molecule is COC(=O)CCC(N)C1CN(C(=O)OC(C)(C)C)CCO1. The number of hydrogen-bond donors (Lipinski definition) is 1. The summed E-state index contributed by atoms with van der Waals surface area (Å²) in [6.07, 6.45) is 0.0376. The number of carbonyl (C=O) groups excluding carboxylic acids is 2. The van der Waals surface area contributed by atoms with Gasteiger partial charge in [0.05, 0.1) is 26.4 Å². The van der Waals surface area contributed by atoms with Crippen molar-refractivity contribution in [2.45, 2.75) is 51.4 Å². The van der Waals surface area contributed by atoms with Crippen LogP contribution in [0.4, 0.5) is 4.79 Å². The number of rotatable bonds is 4. The summed E-state index contributed by atoms with van der Waals surface area (Å²) in [6.45, 7) is 6.74. The van der Waals surface area contributed by atoms with Crippen LogP contribution in [0.5, 0.6) is 0 Å². The van der Waals surface area contributed by atoms with E-state index in [2.05, 4.69) is 4.74 Å². The third kappa shape index (κ3) is 6.31. The van der Waals surface area contributed by atoms with Crippen LogP contribution in [0.25, 0.3) is 0 Å². The molecule has 2 N–H and O–H groups in total. The van der Waals surface area contributed by atoms with Crippen LogP contribution in [0.1, 0.15) is 33.6 Å². The second-order valence-corrected chi connectivity index (χ2v) is 6.11. The predicted octanol–water partition coefficient (Wildman–Crippen LogP) is 0.903. The van der Waals surface area contributed by atoms with Crippen LogP contribution in [-0.2, 0) is 19.0 Å². The molecule has 122 valence electrons. The van der Waals surface area contributed by atoms with E-state index >= 15 is 0 Å². The molecule has 0 spiro atoms. The van der Waals surface area contributed by atoms with Gasteiger partial charge in [-0.2, -0.15) is 0 Å². The largest absolute Gasteiger partial charge is 0.469 e. The van der Waals surface area contributed by atoms with Gasteiger partial charge in [-0.25, -0.2) is 4.79 Å². The lowest BCUT2D eigenvalue weighted by Crippen LogP contribution is -2.53. The Morgan fingerprint density at radius 2 is 2.10 bits per heavy atom. The first-order chi connectivity index (χ1) is 9.73. The van der Waals surface area contributed by atoms with E-state index in [4.69, 9.17) is 15.2 Å². The Balaban J connectivity index is 2.47. The molecule has 1 aliphatic heterocycles. The van der Waals surface area contributed by atoms with Gasteiger partial charge >= 0.3 is 12.1 Å². The number of nitrogens with two attached hydrogens (primary N) is 1. The number of carbonyl (C=O) groups is 2. The quantitative estimate of drug-likeness (QED) is 0.776. The molecule has 0 saturated carbocycles. The average molecular weight is 302 g/mol. The van der Waals surface area contributed by atoms with Crippen LogP contribution in [0, 0.1) is 0 Å². The number of morpholine rings is 1. The fraction of sp³-hybridized carbons (Fsp3) is 0.857. The lowest BCUT2D eigenvalue weighted by molar-refractivity contribution is -0.141. The minimum Gasteiger partial charge on any atom is -0.469 e. The van der Waals surface area contributed by atoms with Gasteiger partial charge in [0.25, 0.3) is 0 Å². The van der Waals surface area contributed by atoms with Gasteiger partial charge in [0.15, 0.2) is 0 Å². The van der Waals surface area contributed by atoms with Gasteiger partial charge in [-0.3, -0.25) is 4.79 Å². The van der Waals surface area contributed by atoms with Crippen molar-refractivity contribution in [3.63, 3.8) is 0 Å². The number of amides is 1. The van der Waals surface area contributed by atoms with Gasteiger partial charge in [0.2, 0.25) is 0 Å². The molecule has 1 fully saturated rings. The molecule has 0 aromatic heterocycles. The Kier molecular flexibility index (Phi) is 6.42. The zero-order chi connectivity index (χ0) is 16.0. The smallest absolute Gasteiger partial charge is 0.410 e. The molecule has 0 aromatic carbocycles. The Morgan fingerprint density at radius 1 is 1.43 bits per heavy atom. The third-order valence-electron chi connectivity index (χ3n) is 3.13. The number of hydrogen-bond acceptors (Lipinski definition) is 6. The van der Waals surface area contributed by atoms with E-state index in [1.807, 2.05) is 20.8 Å². The summed E-state index contributed by atoms with van der Waals surface area (Å²) in [5.41, 5.74) is 5.50. The zero-order valence-corrected chi connectivity index (χ0v) is 13.3. The molecular formula is C14H26N2O5. The molecule has 0 aliphatic carbocycles. The third-order valence-corrected chi connectivity index (χ3v) is 3.13. The maximum atomic E-state index is 12.0. The molecule has 0 radical (unpaired) electrons. The van der Waals surface area contributed by atoms with Crippen LogP contribution in [0.15, 0.2) is 0 Å². The van der Waals surface area contributed by atoms with E-state index in [1.54, 1.807) is 4.90 Å². The van der Waals surface area contributed by atoms with Crippen molar-refractivity contribution in [2.75, 3.05) is 26.8 Å². The Morgan fingerprint density at radius 3 is 2.67 bits per heavy atom. The van der Waals surface area contributed by atoms with Crippen molar-refractivity contribution in [1.82, 2.24) is 4.90 Å². The molecule has 2 unspecified atom stereocenters. The van der Waals surface area contributed by atoms with Gasteiger partial charge < -0.3 is 24.8 Å². The first kappa shape index (κ1) is 17.7. The van der Waals surface area contributed by atoms with Gasteiger partial charge in [0, 0.05) is 19.0 Å². The molecule has 7 heteroatoms. The number of ether oxygens (including phenoxy) is 3. The molecule has 0 bridgehead atoms. The summed E-state index contributed by atoms with van der Waals surface area (Å²) in [5, 5.41) is 0. The molecule has 1 saturated heterocycles. The highest BCUT2D eigenvalue weighted by Gasteiger charge is 2.31. The zero-order valence-electron chi connectivity index (χ0n) is 13.3. The molecule has 7 nitrogen and oxygen atoms in total. The molecule has 1 aliphatic rings. The van der Waals surface area contributed by atoms with Crippen LogP contribution in [0.2, 0.25) is 0 Å². The average Bonchev–Trinajstić information content (AvgIpc) is 2.42. The van der Waals surface area contributed by atoms with Crippen LogP contribution >= 0.6 is 0 Å². The van der Waals surface area contributed by atoms with Crippen molar-refractivity contribution in [2.24, 2.45) is 5.73 Å². The Hall–Kier alpha value is -1.34. The lowest BCUT2D eigenvalue weighted by atomic mass is 10.0. The summed E-state index contributed by atoms with van der Waals surface area (Å²) in [7, 11) is 1.34. The van der Waals surface area contributed by atoms with Crippen LogP contribution in [0.3, 0.4) is 0 Å². The molecule has 0 aromatic rings. The van der Waals surface area contributed by atoms with E-state index in [0.717, 1.165) is 0 Å². The lowest BCUT2D eigenvalue weighted by Gasteiger charge is -2.36. The molecular weight excluding hydrogens is 276 g/mol. The standard InChI is InChI=1S/C14H26N2O5/c1-14(2,3)21-13(18)16-7-8-20-11(9-16)10(15)5-6-12(17)19-4/h10-11H,5-9,15H2,1-4H3. The second-order valence-electron chi connectivity index (χ2n) is 6.11. The monoisotopic (exact) mass is 302 g/mol. The van der Waals surface area contributed by atoms with Gasteiger partial charge in [-0.15, -0.1) is 0 Å². The summed E-state index contributed by atoms with van der Waals surface area (Å²) in [4.78, 5) is 24.7. The van der Waals surface area contributed by atoms with Crippen molar-refractivity contribution >= 4 is 12.1 Å². The molecule has 2 atom stereocenters. The van der Waals surface area contributed by atoms with Gasteiger partial charge in [-0.05, 0) is 27.2 Å². The Bertz CT molecular complexity index is 367. The number of methoxy groups -OCH3 is 1. The first-order valence-corrected chi connectivity index (χ1v) is 7.15. The minimum atomic E-state index is -0.530. The Labute approximate surface area is 125 Å².